The van der Waals surface area contributed by atoms with Gasteiger partial charge in [-0.1, -0.05) is 27.2 Å². The van der Waals surface area contributed by atoms with E-state index in [1.807, 2.05) is 13.8 Å². The van der Waals surface area contributed by atoms with E-state index in [2.05, 4.69) is 13.8 Å². The molecule has 0 aliphatic rings. The second-order valence-electron chi connectivity index (χ2n) is 4.42. The topological polar surface area (TPSA) is 55.8 Å². The summed E-state index contributed by atoms with van der Waals surface area (Å²) in [6.45, 7) is 9.30. The molecule has 0 saturated carbocycles. The first-order valence-corrected chi connectivity index (χ1v) is 6.47. The van der Waals surface area contributed by atoms with Gasteiger partial charge in [0.2, 0.25) is 0 Å². The maximum Gasteiger partial charge on any atom is 0.335 e. The molecule has 0 bridgehead atoms. The van der Waals surface area contributed by atoms with E-state index in [0.717, 1.165) is 6.42 Å². The van der Waals surface area contributed by atoms with Crippen molar-refractivity contribution in [1.29, 1.82) is 0 Å². The zero-order chi connectivity index (χ0) is 13.3. The lowest BCUT2D eigenvalue weighted by molar-refractivity contribution is -0.171. The predicted octanol–water partition coefficient (Wildman–Crippen LogP) is 2.71. The molecule has 0 amide bonds. The van der Waals surface area contributed by atoms with Gasteiger partial charge in [-0.25, -0.2) is 4.79 Å². The molecular weight excluding hydrogens is 220 g/mol. The van der Waals surface area contributed by atoms with E-state index >= 15 is 0 Å². The third-order valence-corrected chi connectivity index (χ3v) is 3.15. The van der Waals surface area contributed by atoms with Gasteiger partial charge in [0.15, 0.2) is 5.60 Å². The normalized spacial score (nSPS) is 16.5. The van der Waals surface area contributed by atoms with Crippen LogP contribution < -0.4 is 0 Å². The van der Waals surface area contributed by atoms with Crippen LogP contribution in [0, 0.1) is 5.92 Å². The van der Waals surface area contributed by atoms with Crippen LogP contribution in [0.1, 0.15) is 47.0 Å². The number of carboxylic acids is 1. The van der Waals surface area contributed by atoms with Crippen molar-refractivity contribution < 1.29 is 19.4 Å². The molecule has 0 heterocycles. The van der Waals surface area contributed by atoms with Crippen LogP contribution in [-0.2, 0) is 14.3 Å². The highest BCUT2D eigenvalue weighted by atomic mass is 16.6. The summed E-state index contributed by atoms with van der Waals surface area (Å²) in [5, 5.41) is 9.36. The van der Waals surface area contributed by atoms with Crippen molar-refractivity contribution in [2.75, 3.05) is 19.8 Å². The van der Waals surface area contributed by atoms with Gasteiger partial charge in [0.05, 0.1) is 13.2 Å². The van der Waals surface area contributed by atoms with Crippen LogP contribution in [0.25, 0.3) is 0 Å². The molecule has 0 aromatic carbocycles. The van der Waals surface area contributed by atoms with Crippen LogP contribution in [0.4, 0.5) is 0 Å². The molecule has 4 heteroatoms. The van der Waals surface area contributed by atoms with Gasteiger partial charge < -0.3 is 14.6 Å². The summed E-state index contributed by atoms with van der Waals surface area (Å²) in [4.78, 5) is 11.4. The molecule has 0 spiro atoms. The number of carboxylic acid groups (broad SMARTS) is 1. The van der Waals surface area contributed by atoms with Gasteiger partial charge in [0, 0.05) is 6.61 Å². The first-order chi connectivity index (χ1) is 8.02. The van der Waals surface area contributed by atoms with Crippen molar-refractivity contribution in [2.24, 2.45) is 5.92 Å². The first-order valence-electron chi connectivity index (χ1n) is 6.47. The van der Waals surface area contributed by atoms with Crippen molar-refractivity contribution >= 4 is 5.97 Å². The Hall–Kier alpha value is -0.610. The van der Waals surface area contributed by atoms with E-state index in [1.165, 1.54) is 0 Å². The van der Waals surface area contributed by atoms with E-state index in [9.17, 15) is 9.90 Å². The Morgan fingerprint density at radius 1 is 1.29 bits per heavy atom. The quantitative estimate of drug-likeness (QED) is 0.602. The van der Waals surface area contributed by atoms with E-state index in [-0.39, 0.29) is 0 Å². The van der Waals surface area contributed by atoms with Crippen molar-refractivity contribution in [1.82, 2.24) is 0 Å². The van der Waals surface area contributed by atoms with Gasteiger partial charge in [0.25, 0.3) is 0 Å². The average molecular weight is 246 g/mol. The zero-order valence-electron chi connectivity index (χ0n) is 11.5. The standard InChI is InChI=1S/C13H26O4/c1-5-11(4)10-13(6-2,12(14)15)17-9-8-16-7-3/h11H,5-10H2,1-4H3,(H,14,15). The molecule has 17 heavy (non-hydrogen) atoms. The Labute approximate surface area is 104 Å². The van der Waals surface area contributed by atoms with Crippen LogP contribution in [0.2, 0.25) is 0 Å². The van der Waals surface area contributed by atoms with Gasteiger partial charge in [-0.15, -0.1) is 0 Å². The number of ether oxygens (including phenoxy) is 2. The number of carbonyl (C=O) groups is 1. The summed E-state index contributed by atoms with van der Waals surface area (Å²) >= 11 is 0. The predicted molar refractivity (Wildman–Crippen MR) is 67.2 cm³/mol. The lowest BCUT2D eigenvalue weighted by atomic mass is 9.87. The third-order valence-electron chi connectivity index (χ3n) is 3.15. The molecule has 102 valence electrons. The molecule has 0 fully saturated rings. The Kier molecular flexibility index (Phi) is 8.17. The van der Waals surface area contributed by atoms with Crippen LogP contribution >= 0.6 is 0 Å². The highest BCUT2D eigenvalue weighted by Crippen LogP contribution is 2.27. The SMILES string of the molecule is CCOCCOC(CC)(CC(C)CC)C(=O)O. The first kappa shape index (κ1) is 16.4. The molecule has 2 atom stereocenters. The third kappa shape index (κ3) is 5.50. The van der Waals surface area contributed by atoms with Gasteiger partial charge in [-0.05, 0) is 25.7 Å². The number of hydrogen-bond donors (Lipinski definition) is 1. The maximum absolute atomic E-state index is 11.4. The van der Waals surface area contributed by atoms with Crippen LogP contribution in [0.15, 0.2) is 0 Å². The zero-order valence-corrected chi connectivity index (χ0v) is 11.5. The second kappa shape index (κ2) is 8.48. The molecule has 0 aromatic rings. The minimum absolute atomic E-state index is 0.338. The average Bonchev–Trinajstić information content (AvgIpc) is 2.32. The lowest BCUT2D eigenvalue weighted by Gasteiger charge is -2.30. The molecule has 1 N–H and O–H groups in total. The van der Waals surface area contributed by atoms with Gasteiger partial charge in [-0.2, -0.15) is 0 Å². The van der Waals surface area contributed by atoms with Gasteiger partial charge in [-0.3, -0.25) is 0 Å². The van der Waals surface area contributed by atoms with Gasteiger partial charge in [0.1, 0.15) is 0 Å². The van der Waals surface area contributed by atoms with Crippen molar-refractivity contribution in [3.8, 4) is 0 Å². The minimum atomic E-state index is -1.05. The molecule has 0 radical (unpaired) electrons. The van der Waals surface area contributed by atoms with Crippen LogP contribution in [0.3, 0.4) is 0 Å². The Balaban J connectivity index is 4.43. The van der Waals surface area contributed by atoms with Gasteiger partial charge >= 0.3 is 5.97 Å². The largest absolute Gasteiger partial charge is 0.479 e. The highest BCUT2D eigenvalue weighted by Gasteiger charge is 2.38. The molecule has 0 rings (SSSR count). The lowest BCUT2D eigenvalue weighted by Crippen LogP contribution is -2.43. The Morgan fingerprint density at radius 2 is 1.94 bits per heavy atom. The summed E-state index contributed by atoms with van der Waals surface area (Å²) in [6.07, 6.45) is 2.00. The van der Waals surface area contributed by atoms with Crippen molar-refractivity contribution in [3.05, 3.63) is 0 Å². The fourth-order valence-electron chi connectivity index (χ4n) is 1.75. The van der Waals surface area contributed by atoms with Crippen LogP contribution in [-0.4, -0.2) is 36.5 Å². The summed E-state index contributed by atoms with van der Waals surface area (Å²) in [5.41, 5.74) is -1.05. The summed E-state index contributed by atoms with van der Waals surface area (Å²) in [6, 6.07) is 0. The molecule has 2 unspecified atom stereocenters. The van der Waals surface area contributed by atoms with Crippen molar-refractivity contribution in [2.45, 2.75) is 52.6 Å². The molecule has 4 nitrogen and oxygen atoms in total. The van der Waals surface area contributed by atoms with E-state index in [1.54, 1.807) is 0 Å². The molecular formula is C13H26O4. The fourth-order valence-corrected chi connectivity index (χ4v) is 1.75. The summed E-state index contributed by atoms with van der Waals surface area (Å²) < 4.78 is 10.8. The van der Waals surface area contributed by atoms with Crippen LogP contribution in [0.5, 0.6) is 0 Å². The minimum Gasteiger partial charge on any atom is -0.479 e. The molecule has 0 aromatic heterocycles. The highest BCUT2D eigenvalue weighted by molar-refractivity contribution is 5.77. The monoisotopic (exact) mass is 246 g/mol. The fraction of sp³-hybridized carbons (Fsp3) is 0.923. The Bertz CT molecular complexity index is 217. The van der Waals surface area contributed by atoms with E-state index in [0.29, 0.717) is 38.6 Å². The smallest absolute Gasteiger partial charge is 0.335 e. The number of rotatable bonds is 10. The second-order valence-corrected chi connectivity index (χ2v) is 4.42. The van der Waals surface area contributed by atoms with E-state index < -0.39 is 11.6 Å². The molecule has 0 saturated heterocycles. The maximum atomic E-state index is 11.4. The van der Waals surface area contributed by atoms with Crippen molar-refractivity contribution in [3.63, 3.8) is 0 Å². The van der Waals surface area contributed by atoms with E-state index in [4.69, 9.17) is 9.47 Å². The number of hydrogen-bond acceptors (Lipinski definition) is 3. The summed E-state index contributed by atoms with van der Waals surface area (Å²) in [7, 11) is 0. The Morgan fingerprint density at radius 3 is 2.35 bits per heavy atom. The summed E-state index contributed by atoms with van der Waals surface area (Å²) in [5.74, 6) is -0.519. The number of aliphatic carboxylic acids is 1. The molecule has 0 aliphatic heterocycles. The molecule has 0 aliphatic carbocycles.